The van der Waals surface area contributed by atoms with Crippen molar-refractivity contribution in [2.45, 2.75) is 32.6 Å². The third-order valence-electron chi connectivity index (χ3n) is 4.72. The monoisotopic (exact) mass is 344 g/mol. The number of nitriles is 1. The van der Waals surface area contributed by atoms with Crippen LogP contribution < -0.4 is 0 Å². The van der Waals surface area contributed by atoms with Gasteiger partial charge >= 0.3 is 0 Å². The molecule has 2 fully saturated rings. The fraction of sp³-hybridized carbons (Fsp3) is 0.556. The zero-order chi connectivity index (χ0) is 17.3. The van der Waals surface area contributed by atoms with E-state index in [1.54, 1.807) is 11.0 Å². The molecule has 24 heavy (non-hydrogen) atoms. The number of nitrogens with zero attached hydrogens (tertiary/aromatic N) is 2. The van der Waals surface area contributed by atoms with E-state index >= 15 is 0 Å². The Morgan fingerprint density at radius 2 is 2.00 bits per heavy atom. The topological polar surface area (TPSA) is 78.2 Å². The van der Waals surface area contributed by atoms with Crippen LogP contribution in [0.2, 0.25) is 0 Å². The minimum Gasteiger partial charge on any atom is -0.342 e. The number of piperidine rings is 1. The molecule has 0 bridgehead atoms. The summed E-state index contributed by atoms with van der Waals surface area (Å²) in [5.41, 5.74) is 0. The average molecular weight is 344 g/mol. The maximum atomic E-state index is 12.7. The lowest BCUT2D eigenvalue weighted by molar-refractivity contribution is -0.136. The van der Waals surface area contributed by atoms with Gasteiger partial charge in [0.05, 0.1) is 10.9 Å². The van der Waals surface area contributed by atoms with E-state index in [1.807, 2.05) is 19.1 Å². The predicted octanol–water partition coefficient (Wildman–Crippen LogP) is 2.60. The van der Waals surface area contributed by atoms with E-state index in [0.29, 0.717) is 24.4 Å². The molecule has 3 rings (SSSR count). The fourth-order valence-corrected chi connectivity index (χ4v) is 4.03. The second-order valence-electron chi connectivity index (χ2n) is 6.64. The molecule has 0 N–H and O–H groups in total. The first-order chi connectivity index (χ1) is 11.5. The van der Waals surface area contributed by atoms with Gasteiger partial charge in [0.25, 0.3) is 0 Å². The summed E-state index contributed by atoms with van der Waals surface area (Å²) in [5, 5.41) is 9.37. The van der Waals surface area contributed by atoms with Crippen LogP contribution in [0.25, 0.3) is 0 Å². The van der Waals surface area contributed by atoms with E-state index in [9.17, 15) is 19.6 Å². The standard InChI is InChI=1S/C18H20N2O3S/c1-11-4-7-15(24-11)17(22)14(9-19)16(21)13-3-2-8-20(10-13)18(23)12-5-6-12/h4,7,12-14H,2-3,5-6,8,10H2,1H3/t13-,14+/m0/s1. The van der Waals surface area contributed by atoms with E-state index < -0.39 is 17.6 Å². The molecule has 1 aromatic rings. The Labute approximate surface area is 145 Å². The third-order valence-corrected chi connectivity index (χ3v) is 5.74. The normalized spacial score (nSPS) is 21.8. The van der Waals surface area contributed by atoms with Crippen molar-refractivity contribution in [3.05, 3.63) is 21.9 Å². The van der Waals surface area contributed by atoms with Crippen molar-refractivity contribution in [3.8, 4) is 6.07 Å². The van der Waals surface area contributed by atoms with E-state index in [0.717, 1.165) is 24.1 Å². The molecule has 2 aliphatic rings. The zero-order valence-corrected chi connectivity index (χ0v) is 14.5. The molecule has 6 heteroatoms. The van der Waals surface area contributed by atoms with Crippen molar-refractivity contribution in [3.63, 3.8) is 0 Å². The van der Waals surface area contributed by atoms with Crippen molar-refractivity contribution >= 4 is 28.8 Å². The summed E-state index contributed by atoms with van der Waals surface area (Å²) in [5.74, 6) is -2.16. The van der Waals surface area contributed by atoms with E-state index in [1.165, 1.54) is 11.3 Å². The van der Waals surface area contributed by atoms with Gasteiger partial charge in [-0.15, -0.1) is 11.3 Å². The number of likely N-dealkylation sites (tertiary alicyclic amines) is 1. The summed E-state index contributed by atoms with van der Waals surface area (Å²) in [6.45, 7) is 2.91. The molecule has 1 saturated heterocycles. The Bertz CT molecular complexity index is 714. The number of rotatable bonds is 5. The number of hydrogen-bond acceptors (Lipinski definition) is 5. The van der Waals surface area contributed by atoms with E-state index in [-0.39, 0.29) is 17.6 Å². The van der Waals surface area contributed by atoms with E-state index in [4.69, 9.17) is 0 Å². The van der Waals surface area contributed by atoms with Gasteiger partial charge in [0, 0.05) is 29.8 Å². The lowest BCUT2D eigenvalue weighted by atomic mass is 9.85. The van der Waals surface area contributed by atoms with Crippen molar-refractivity contribution in [2.75, 3.05) is 13.1 Å². The van der Waals surface area contributed by atoms with Crippen molar-refractivity contribution in [2.24, 2.45) is 17.8 Å². The van der Waals surface area contributed by atoms with Gasteiger partial charge < -0.3 is 4.90 Å². The van der Waals surface area contributed by atoms with Crippen molar-refractivity contribution in [1.29, 1.82) is 5.26 Å². The molecule has 1 aliphatic heterocycles. The van der Waals surface area contributed by atoms with Crippen LogP contribution in [0.3, 0.4) is 0 Å². The minimum absolute atomic E-state index is 0.126. The van der Waals surface area contributed by atoms with Crippen molar-refractivity contribution in [1.82, 2.24) is 4.90 Å². The highest BCUT2D eigenvalue weighted by Gasteiger charge is 2.39. The number of carbonyl (C=O) groups excluding carboxylic acids is 3. The van der Waals surface area contributed by atoms with Gasteiger partial charge in [-0.2, -0.15) is 5.26 Å². The van der Waals surface area contributed by atoms with Crippen LogP contribution in [-0.2, 0) is 9.59 Å². The summed E-state index contributed by atoms with van der Waals surface area (Å²) in [6, 6.07) is 5.37. The fourth-order valence-electron chi connectivity index (χ4n) is 3.19. The molecule has 1 aromatic heterocycles. The molecule has 0 spiro atoms. The maximum Gasteiger partial charge on any atom is 0.225 e. The zero-order valence-electron chi connectivity index (χ0n) is 13.7. The molecule has 5 nitrogen and oxygen atoms in total. The smallest absolute Gasteiger partial charge is 0.225 e. The Balaban J connectivity index is 1.70. The van der Waals surface area contributed by atoms with Gasteiger partial charge in [0.1, 0.15) is 0 Å². The van der Waals surface area contributed by atoms with Crippen LogP contribution >= 0.6 is 11.3 Å². The third kappa shape index (κ3) is 3.41. The second kappa shape index (κ2) is 6.86. The van der Waals surface area contributed by atoms with Crippen LogP contribution in [0.4, 0.5) is 0 Å². The molecule has 1 amide bonds. The molecular weight excluding hydrogens is 324 g/mol. The molecule has 126 valence electrons. The number of aryl methyl sites for hydroxylation is 1. The molecule has 2 heterocycles. The van der Waals surface area contributed by atoms with Crippen LogP contribution in [0, 0.1) is 36.0 Å². The largest absolute Gasteiger partial charge is 0.342 e. The molecule has 1 aliphatic carbocycles. The van der Waals surface area contributed by atoms with Crippen LogP contribution in [-0.4, -0.2) is 35.5 Å². The summed E-state index contributed by atoms with van der Waals surface area (Å²) in [7, 11) is 0. The van der Waals surface area contributed by atoms with Gasteiger partial charge in [-0.25, -0.2) is 0 Å². The Morgan fingerprint density at radius 3 is 2.58 bits per heavy atom. The lowest BCUT2D eigenvalue weighted by Crippen LogP contribution is -2.45. The first kappa shape index (κ1) is 16.8. The highest BCUT2D eigenvalue weighted by atomic mass is 32.1. The Kier molecular flexibility index (Phi) is 4.81. The first-order valence-corrected chi connectivity index (χ1v) is 9.15. The molecule has 2 atom stereocenters. The van der Waals surface area contributed by atoms with Gasteiger partial charge in [0.15, 0.2) is 17.5 Å². The molecule has 0 radical (unpaired) electrons. The molecular formula is C18H20N2O3S. The molecule has 1 saturated carbocycles. The highest BCUT2D eigenvalue weighted by Crippen LogP contribution is 2.33. The molecule has 0 unspecified atom stereocenters. The summed E-state index contributed by atoms with van der Waals surface area (Å²) in [6.07, 6.45) is 3.26. The Hall–Kier alpha value is -2.00. The molecule has 0 aromatic carbocycles. The lowest BCUT2D eigenvalue weighted by Gasteiger charge is -2.32. The average Bonchev–Trinajstić information content (AvgIpc) is 3.35. The highest BCUT2D eigenvalue weighted by molar-refractivity contribution is 7.14. The SMILES string of the molecule is Cc1ccc(C(=O)[C@H](C#N)C(=O)[C@H]2CCCN(C(=O)C3CC3)C2)s1. The van der Waals surface area contributed by atoms with Gasteiger partial charge in [-0.05, 0) is 44.7 Å². The number of carbonyl (C=O) groups is 3. The number of amides is 1. The number of thiophene rings is 1. The minimum atomic E-state index is -1.26. The van der Waals surface area contributed by atoms with Crippen LogP contribution in [0.5, 0.6) is 0 Å². The first-order valence-electron chi connectivity index (χ1n) is 8.34. The van der Waals surface area contributed by atoms with Crippen LogP contribution in [0.15, 0.2) is 12.1 Å². The Morgan fingerprint density at radius 1 is 1.25 bits per heavy atom. The van der Waals surface area contributed by atoms with Gasteiger partial charge in [-0.3, -0.25) is 14.4 Å². The quantitative estimate of drug-likeness (QED) is 0.607. The number of ketones is 2. The summed E-state index contributed by atoms with van der Waals surface area (Å²) >= 11 is 1.30. The van der Waals surface area contributed by atoms with Crippen LogP contribution in [0.1, 0.15) is 40.2 Å². The predicted molar refractivity (Wildman–Crippen MR) is 89.5 cm³/mol. The van der Waals surface area contributed by atoms with Crippen molar-refractivity contribution < 1.29 is 14.4 Å². The maximum absolute atomic E-state index is 12.7. The second-order valence-corrected chi connectivity index (χ2v) is 7.92. The summed E-state index contributed by atoms with van der Waals surface area (Å²) in [4.78, 5) is 40.6. The van der Waals surface area contributed by atoms with Gasteiger partial charge in [0.2, 0.25) is 5.91 Å². The number of hydrogen-bond donors (Lipinski definition) is 0. The summed E-state index contributed by atoms with van der Waals surface area (Å²) < 4.78 is 0. The van der Waals surface area contributed by atoms with E-state index in [2.05, 4.69) is 0 Å². The van der Waals surface area contributed by atoms with Gasteiger partial charge in [-0.1, -0.05) is 0 Å². The number of Topliss-reactive ketones (excluding diaryl/α,β-unsaturated/α-hetero) is 2.